The van der Waals surface area contributed by atoms with Gasteiger partial charge in [0.1, 0.15) is 6.33 Å². The monoisotopic (exact) mass is 330 g/mol. The molecule has 0 bridgehead atoms. The van der Waals surface area contributed by atoms with E-state index >= 15 is 0 Å². The maximum absolute atomic E-state index is 12.9. The Kier molecular flexibility index (Phi) is 4.86. The highest BCUT2D eigenvalue weighted by atomic mass is 16.5. The molecule has 0 unspecified atom stereocenters. The van der Waals surface area contributed by atoms with E-state index < -0.39 is 0 Å². The van der Waals surface area contributed by atoms with Crippen LogP contribution < -0.4 is 0 Å². The maximum atomic E-state index is 12.9. The van der Waals surface area contributed by atoms with Crippen molar-refractivity contribution in [1.29, 1.82) is 0 Å². The summed E-state index contributed by atoms with van der Waals surface area (Å²) in [6, 6.07) is 7.63. The van der Waals surface area contributed by atoms with E-state index in [2.05, 4.69) is 27.5 Å². The molecule has 0 radical (unpaired) electrons. The van der Waals surface area contributed by atoms with E-state index in [1.807, 2.05) is 25.2 Å². The van der Waals surface area contributed by atoms with Gasteiger partial charge in [0.25, 0.3) is 5.91 Å². The number of benzene rings is 1. The van der Waals surface area contributed by atoms with Crippen LogP contribution in [0.5, 0.6) is 0 Å². The number of aromatic nitrogens is 4. The summed E-state index contributed by atoms with van der Waals surface area (Å²) in [4.78, 5) is 16.9. The second kappa shape index (κ2) is 7.06. The molecule has 1 aromatic heterocycles. The molecule has 0 saturated carbocycles. The fourth-order valence-electron chi connectivity index (χ4n) is 3.14. The predicted octanol–water partition coefficient (Wildman–Crippen LogP) is 0.453. The summed E-state index contributed by atoms with van der Waals surface area (Å²) in [5.41, 5.74) is 1.25. The largest absolute Gasteiger partial charge is 0.380 e. The SMILES string of the molecule is CO[C@H]1C[C@@H](CN(C)C(=O)c2ccccc2-n2cnnn2)N(C)C1. The van der Waals surface area contributed by atoms with Gasteiger partial charge in [-0.3, -0.25) is 9.69 Å². The number of carbonyl (C=O) groups excluding carboxylic acids is 1. The molecular formula is C16H22N6O2. The lowest BCUT2D eigenvalue weighted by Crippen LogP contribution is -2.39. The number of tetrazole rings is 1. The smallest absolute Gasteiger partial charge is 0.255 e. The van der Waals surface area contributed by atoms with Crippen molar-refractivity contribution in [3.05, 3.63) is 36.2 Å². The van der Waals surface area contributed by atoms with Gasteiger partial charge in [-0.2, -0.15) is 4.68 Å². The fraction of sp³-hybridized carbons (Fsp3) is 0.500. The van der Waals surface area contributed by atoms with Gasteiger partial charge < -0.3 is 9.64 Å². The Morgan fingerprint density at radius 2 is 2.21 bits per heavy atom. The zero-order chi connectivity index (χ0) is 17.1. The molecule has 0 aliphatic carbocycles. The summed E-state index contributed by atoms with van der Waals surface area (Å²) in [6.45, 7) is 1.55. The molecule has 1 aliphatic rings. The van der Waals surface area contributed by atoms with Crippen LogP contribution in [-0.2, 0) is 4.74 Å². The van der Waals surface area contributed by atoms with E-state index in [-0.39, 0.29) is 12.0 Å². The Hall–Kier alpha value is -2.32. The van der Waals surface area contributed by atoms with Crippen molar-refractivity contribution < 1.29 is 9.53 Å². The summed E-state index contributed by atoms with van der Waals surface area (Å²) in [5.74, 6) is -0.0460. The predicted molar refractivity (Wildman–Crippen MR) is 87.9 cm³/mol. The molecule has 1 amide bonds. The molecule has 3 rings (SSSR count). The van der Waals surface area contributed by atoms with E-state index in [1.165, 1.54) is 11.0 Å². The Morgan fingerprint density at radius 1 is 1.42 bits per heavy atom. The fourth-order valence-corrected chi connectivity index (χ4v) is 3.14. The average molecular weight is 330 g/mol. The lowest BCUT2D eigenvalue weighted by atomic mass is 10.1. The number of amides is 1. The maximum Gasteiger partial charge on any atom is 0.255 e. The highest BCUT2D eigenvalue weighted by Gasteiger charge is 2.31. The Morgan fingerprint density at radius 3 is 2.88 bits per heavy atom. The minimum absolute atomic E-state index is 0.0460. The number of likely N-dealkylation sites (tertiary alicyclic amines) is 1. The van der Waals surface area contributed by atoms with Gasteiger partial charge in [0.05, 0.1) is 17.4 Å². The third-order valence-corrected chi connectivity index (χ3v) is 4.54. The molecule has 8 heteroatoms. The lowest BCUT2D eigenvalue weighted by molar-refractivity contribution is 0.0760. The van der Waals surface area contributed by atoms with Crippen molar-refractivity contribution in [2.75, 3.05) is 34.3 Å². The summed E-state index contributed by atoms with van der Waals surface area (Å²) in [6.07, 6.45) is 2.65. The molecule has 8 nitrogen and oxygen atoms in total. The van der Waals surface area contributed by atoms with E-state index in [4.69, 9.17) is 4.74 Å². The van der Waals surface area contributed by atoms with Crippen molar-refractivity contribution in [2.24, 2.45) is 0 Å². The highest BCUT2D eigenvalue weighted by molar-refractivity contribution is 5.97. The van der Waals surface area contributed by atoms with Crippen molar-refractivity contribution in [3.63, 3.8) is 0 Å². The quantitative estimate of drug-likeness (QED) is 0.792. The van der Waals surface area contributed by atoms with Gasteiger partial charge in [-0.05, 0) is 36.0 Å². The van der Waals surface area contributed by atoms with E-state index in [1.54, 1.807) is 18.1 Å². The van der Waals surface area contributed by atoms with Gasteiger partial charge in [-0.1, -0.05) is 12.1 Å². The lowest BCUT2D eigenvalue weighted by Gasteiger charge is -2.26. The van der Waals surface area contributed by atoms with Crippen LogP contribution in [0.25, 0.3) is 5.69 Å². The van der Waals surface area contributed by atoms with Crippen LogP contribution >= 0.6 is 0 Å². The number of rotatable bonds is 5. The number of hydrogen-bond acceptors (Lipinski definition) is 6. The summed E-state index contributed by atoms with van der Waals surface area (Å²) < 4.78 is 6.94. The molecule has 2 atom stereocenters. The summed E-state index contributed by atoms with van der Waals surface area (Å²) >= 11 is 0. The van der Waals surface area contributed by atoms with Gasteiger partial charge in [0.2, 0.25) is 0 Å². The number of nitrogens with zero attached hydrogens (tertiary/aromatic N) is 6. The van der Waals surface area contributed by atoms with E-state index in [0.717, 1.165) is 13.0 Å². The third kappa shape index (κ3) is 3.29. The van der Waals surface area contributed by atoms with E-state index in [9.17, 15) is 4.79 Å². The van der Waals surface area contributed by atoms with Crippen molar-refractivity contribution >= 4 is 5.91 Å². The Balaban J connectivity index is 1.75. The summed E-state index contributed by atoms with van der Waals surface area (Å²) in [5, 5.41) is 11.2. The zero-order valence-electron chi connectivity index (χ0n) is 14.2. The molecule has 1 aliphatic heterocycles. The Bertz CT molecular complexity index is 690. The number of para-hydroxylation sites is 1. The molecule has 1 fully saturated rings. The van der Waals surface area contributed by atoms with Gasteiger partial charge >= 0.3 is 0 Å². The molecule has 0 N–H and O–H groups in total. The standard InChI is InChI=1S/C16H22N6O2/c1-20-10-13(24-3)8-12(20)9-21(2)16(23)14-6-4-5-7-15(14)22-11-17-18-19-22/h4-7,11-13H,8-10H2,1-3H3/t12-,13-/m0/s1. The number of carbonyl (C=O) groups is 1. The molecule has 128 valence electrons. The van der Waals surface area contributed by atoms with Gasteiger partial charge in [0.15, 0.2) is 0 Å². The molecule has 24 heavy (non-hydrogen) atoms. The molecule has 2 aromatic rings. The number of hydrogen-bond donors (Lipinski definition) is 0. The normalized spacial score (nSPS) is 21.1. The van der Waals surface area contributed by atoms with Gasteiger partial charge in [0, 0.05) is 33.3 Å². The highest BCUT2D eigenvalue weighted by Crippen LogP contribution is 2.20. The molecule has 2 heterocycles. The van der Waals surface area contributed by atoms with Crippen LogP contribution in [0.15, 0.2) is 30.6 Å². The molecule has 0 spiro atoms. The first kappa shape index (κ1) is 16.5. The number of likely N-dealkylation sites (N-methyl/N-ethyl adjacent to an activating group) is 2. The minimum Gasteiger partial charge on any atom is -0.380 e. The summed E-state index contributed by atoms with van der Waals surface area (Å²) in [7, 11) is 5.63. The zero-order valence-corrected chi connectivity index (χ0v) is 14.2. The van der Waals surface area contributed by atoms with Gasteiger partial charge in [-0.25, -0.2) is 0 Å². The van der Waals surface area contributed by atoms with Crippen molar-refractivity contribution in [3.8, 4) is 5.69 Å². The molecule has 1 saturated heterocycles. The molecule has 1 aromatic carbocycles. The second-order valence-corrected chi connectivity index (χ2v) is 6.14. The van der Waals surface area contributed by atoms with Crippen LogP contribution in [0, 0.1) is 0 Å². The number of methoxy groups -OCH3 is 1. The minimum atomic E-state index is -0.0460. The first-order valence-electron chi connectivity index (χ1n) is 7.91. The second-order valence-electron chi connectivity index (χ2n) is 6.14. The molecular weight excluding hydrogens is 308 g/mol. The van der Waals surface area contributed by atoms with Crippen LogP contribution in [0.4, 0.5) is 0 Å². The third-order valence-electron chi connectivity index (χ3n) is 4.54. The number of ether oxygens (including phenoxy) is 1. The first-order valence-corrected chi connectivity index (χ1v) is 7.91. The van der Waals surface area contributed by atoms with Crippen LogP contribution in [0.3, 0.4) is 0 Å². The van der Waals surface area contributed by atoms with Crippen molar-refractivity contribution in [1.82, 2.24) is 30.0 Å². The van der Waals surface area contributed by atoms with Crippen LogP contribution in [0.1, 0.15) is 16.8 Å². The van der Waals surface area contributed by atoms with Crippen LogP contribution in [0.2, 0.25) is 0 Å². The van der Waals surface area contributed by atoms with E-state index in [0.29, 0.717) is 23.8 Å². The average Bonchev–Trinajstić information content (AvgIpc) is 3.24. The van der Waals surface area contributed by atoms with Crippen molar-refractivity contribution in [2.45, 2.75) is 18.6 Å². The first-order chi connectivity index (χ1) is 11.6. The van der Waals surface area contributed by atoms with Gasteiger partial charge in [-0.15, -0.1) is 5.10 Å². The van der Waals surface area contributed by atoms with Crippen LogP contribution in [-0.4, -0.2) is 82.4 Å². The Labute approximate surface area is 141 Å². The topological polar surface area (TPSA) is 76.4 Å².